The summed E-state index contributed by atoms with van der Waals surface area (Å²) in [5.41, 5.74) is 2.29. The fourth-order valence-corrected chi connectivity index (χ4v) is 3.81. The minimum atomic E-state index is -0.405. The van der Waals surface area contributed by atoms with Gasteiger partial charge in [-0.1, -0.05) is 43.7 Å². The molecule has 0 saturated heterocycles. The zero-order valence-corrected chi connectivity index (χ0v) is 16.4. The number of amides is 1. The normalized spacial score (nSPS) is 10.6. The van der Waals surface area contributed by atoms with Gasteiger partial charge in [0.05, 0.1) is 18.7 Å². The summed E-state index contributed by atoms with van der Waals surface area (Å²) in [5, 5.41) is 6.53. The van der Waals surface area contributed by atoms with E-state index in [4.69, 9.17) is 4.74 Å². The van der Waals surface area contributed by atoms with Crippen LogP contribution in [0.5, 0.6) is 0 Å². The van der Waals surface area contributed by atoms with E-state index in [9.17, 15) is 9.59 Å². The molecule has 0 aliphatic heterocycles. The molecule has 1 aromatic heterocycles. The van der Waals surface area contributed by atoms with Crippen LogP contribution in [0.25, 0.3) is 10.4 Å². The molecule has 2 rings (SSSR count). The molecule has 0 unspecified atom stereocenters. The van der Waals surface area contributed by atoms with Crippen molar-refractivity contribution in [3.8, 4) is 10.4 Å². The number of carbonyl (C=O) groups excluding carboxylic acids is 2. The molecule has 1 aromatic carbocycles. The molecule has 0 aliphatic rings. The highest BCUT2D eigenvalue weighted by Gasteiger charge is 2.24. The summed E-state index contributed by atoms with van der Waals surface area (Å²) < 4.78 is 5.19. The average Bonchev–Trinajstić information content (AvgIpc) is 2.96. The Morgan fingerprint density at radius 3 is 2.54 bits per heavy atom. The molecule has 0 aliphatic carbocycles. The number of ether oxygens (including phenoxy) is 1. The second kappa shape index (κ2) is 10.1. The first-order chi connectivity index (χ1) is 12.6. The van der Waals surface area contributed by atoms with Crippen LogP contribution in [0.2, 0.25) is 0 Å². The van der Waals surface area contributed by atoms with Crippen LogP contribution in [0.4, 0.5) is 5.00 Å². The number of nitrogens with one attached hydrogen (secondary N) is 2. The van der Waals surface area contributed by atoms with Crippen LogP contribution < -0.4 is 10.6 Å². The van der Waals surface area contributed by atoms with E-state index in [1.54, 1.807) is 6.92 Å². The summed E-state index contributed by atoms with van der Waals surface area (Å²) in [4.78, 5) is 25.6. The lowest BCUT2D eigenvalue weighted by Crippen LogP contribution is -2.29. The van der Waals surface area contributed by atoms with Gasteiger partial charge in [0.15, 0.2) is 0 Å². The van der Waals surface area contributed by atoms with Gasteiger partial charge in [-0.15, -0.1) is 11.3 Å². The first kappa shape index (κ1) is 20.1. The molecule has 0 spiro atoms. The predicted molar refractivity (Wildman–Crippen MR) is 107 cm³/mol. The number of benzene rings is 1. The molecule has 0 bridgehead atoms. The van der Waals surface area contributed by atoms with Crippen molar-refractivity contribution in [3.05, 3.63) is 41.5 Å². The lowest BCUT2D eigenvalue weighted by Gasteiger charge is -2.08. The van der Waals surface area contributed by atoms with Crippen LogP contribution in [0.3, 0.4) is 0 Å². The van der Waals surface area contributed by atoms with Crippen LogP contribution in [-0.2, 0) is 9.53 Å². The number of anilines is 1. The lowest BCUT2D eigenvalue weighted by atomic mass is 10.1. The molecular weight excluding hydrogens is 348 g/mol. The Balaban J connectivity index is 2.25. The second-order valence-electron chi connectivity index (χ2n) is 5.93. The van der Waals surface area contributed by atoms with Gasteiger partial charge in [-0.2, -0.15) is 0 Å². The molecule has 0 saturated carbocycles. The van der Waals surface area contributed by atoms with Crippen LogP contribution in [-0.4, -0.2) is 31.6 Å². The first-order valence-corrected chi connectivity index (χ1v) is 9.76. The van der Waals surface area contributed by atoms with Gasteiger partial charge in [0.2, 0.25) is 5.91 Å². The minimum Gasteiger partial charge on any atom is -0.462 e. The molecule has 6 heteroatoms. The van der Waals surface area contributed by atoms with Gasteiger partial charge in [0, 0.05) is 4.88 Å². The third-order valence-corrected chi connectivity index (χ3v) is 5.16. The van der Waals surface area contributed by atoms with Gasteiger partial charge in [0.25, 0.3) is 0 Å². The van der Waals surface area contributed by atoms with Gasteiger partial charge >= 0.3 is 5.97 Å². The highest BCUT2D eigenvalue weighted by Crippen LogP contribution is 2.40. The molecule has 1 amide bonds. The third-order valence-electron chi connectivity index (χ3n) is 3.91. The molecule has 140 valence electrons. The van der Waals surface area contributed by atoms with Crippen molar-refractivity contribution >= 4 is 28.2 Å². The number of thiophene rings is 1. The topological polar surface area (TPSA) is 67.4 Å². The molecular formula is C20H26N2O3S. The van der Waals surface area contributed by atoms with Gasteiger partial charge in [0.1, 0.15) is 5.00 Å². The number of unbranched alkanes of at least 4 members (excludes halogenated alkanes) is 1. The highest BCUT2D eigenvalue weighted by molar-refractivity contribution is 7.20. The van der Waals surface area contributed by atoms with E-state index in [1.165, 1.54) is 11.3 Å². The molecule has 0 radical (unpaired) electrons. The fourth-order valence-electron chi connectivity index (χ4n) is 2.59. The molecule has 2 aromatic rings. The van der Waals surface area contributed by atoms with Gasteiger partial charge in [-0.05, 0) is 37.9 Å². The fraction of sp³-hybridized carbons (Fsp3) is 0.400. The van der Waals surface area contributed by atoms with Crippen LogP contribution in [0.1, 0.15) is 42.6 Å². The van der Waals surface area contributed by atoms with Gasteiger partial charge in [-0.3, -0.25) is 4.79 Å². The molecule has 0 fully saturated rings. The number of rotatable bonds is 9. The first-order valence-electron chi connectivity index (χ1n) is 8.94. The van der Waals surface area contributed by atoms with Crippen molar-refractivity contribution in [2.45, 2.75) is 33.6 Å². The van der Waals surface area contributed by atoms with Gasteiger partial charge < -0.3 is 15.4 Å². The van der Waals surface area contributed by atoms with E-state index in [0.29, 0.717) is 17.2 Å². The summed E-state index contributed by atoms with van der Waals surface area (Å²) in [6, 6.07) is 9.84. The van der Waals surface area contributed by atoms with E-state index in [2.05, 4.69) is 17.6 Å². The summed E-state index contributed by atoms with van der Waals surface area (Å²) in [6.45, 7) is 7.08. The zero-order chi connectivity index (χ0) is 18.9. The standard InChI is InChI=1S/C20H26N2O3S/c1-4-6-12-21-13-16(23)22-19-17(20(24)25-5-2)14(3)18(26-19)15-10-8-7-9-11-15/h7-11,21H,4-6,12-13H2,1-3H3,(H,22,23). The van der Waals surface area contributed by atoms with E-state index in [1.807, 2.05) is 37.3 Å². The minimum absolute atomic E-state index is 0.160. The van der Waals surface area contributed by atoms with Crippen molar-refractivity contribution < 1.29 is 14.3 Å². The Morgan fingerprint density at radius 2 is 1.88 bits per heavy atom. The Morgan fingerprint density at radius 1 is 1.15 bits per heavy atom. The summed E-state index contributed by atoms with van der Waals surface area (Å²) >= 11 is 1.40. The number of carbonyl (C=O) groups is 2. The van der Waals surface area contributed by atoms with E-state index in [0.717, 1.165) is 35.4 Å². The van der Waals surface area contributed by atoms with Crippen molar-refractivity contribution in [3.63, 3.8) is 0 Å². The van der Waals surface area contributed by atoms with Crippen molar-refractivity contribution in [1.29, 1.82) is 0 Å². The predicted octanol–water partition coefficient (Wildman–Crippen LogP) is 4.23. The van der Waals surface area contributed by atoms with E-state index < -0.39 is 5.97 Å². The number of esters is 1. The third kappa shape index (κ3) is 5.16. The average molecular weight is 375 g/mol. The van der Waals surface area contributed by atoms with Crippen LogP contribution in [0.15, 0.2) is 30.3 Å². The largest absolute Gasteiger partial charge is 0.462 e. The molecule has 1 heterocycles. The molecule has 2 N–H and O–H groups in total. The number of hydrogen-bond donors (Lipinski definition) is 2. The highest BCUT2D eigenvalue weighted by atomic mass is 32.1. The summed E-state index contributed by atoms with van der Waals surface area (Å²) in [5.74, 6) is -0.565. The number of hydrogen-bond acceptors (Lipinski definition) is 5. The molecule has 26 heavy (non-hydrogen) atoms. The van der Waals surface area contributed by atoms with Crippen molar-refractivity contribution in [1.82, 2.24) is 5.32 Å². The Hall–Kier alpha value is -2.18. The lowest BCUT2D eigenvalue weighted by molar-refractivity contribution is -0.115. The zero-order valence-electron chi connectivity index (χ0n) is 15.6. The quantitative estimate of drug-likeness (QED) is 0.509. The van der Waals surface area contributed by atoms with Crippen LogP contribution in [0, 0.1) is 6.92 Å². The summed E-state index contributed by atoms with van der Waals surface area (Å²) in [6.07, 6.45) is 2.10. The maximum atomic E-state index is 12.4. The Kier molecular flexibility index (Phi) is 7.81. The van der Waals surface area contributed by atoms with E-state index in [-0.39, 0.29) is 12.5 Å². The van der Waals surface area contributed by atoms with Crippen molar-refractivity contribution in [2.75, 3.05) is 25.0 Å². The Labute approximate surface area is 158 Å². The SMILES string of the molecule is CCCCNCC(=O)Nc1sc(-c2ccccc2)c(C)c1C(=O)OCC. The smallest absolute Gasteiger partial charge is 0.341 e. The van der Waals surface area contributed by atoms with Crippen LogP contribution >= 0.6 is 11.3 Å². The monoisotopic (exact) mass is 374 g/mol. The Bertz CT molecular complexity index is 741. The second-order valence-corrected chi connectivity index (χ2v) is 6.95. The van der Waals surface area contributed by atoms with Crippen molar-refractivity contribution in [2.24, 2.45) is 0 Å². The van der Waals surface area contributed by atoms with Gasteiger partial charge in [-0.25, -0.2) is 4.79 Å². The summed E-state index contributed by atoms with van der Waals surface area (Å²) in [7, 11) is 0. The maximum absolute atomic E-state index is 12.4. The maximum Gasteiger partial charge on any atom is 0.341 e. The molecule has 5 nitrogen and oxygen atoms in total. The molecule has 0 atom stereocenters. The van der Waals surface area contributed by atoms with E-state index >= 15 is 0 Å².